The molecular formula is C18H11F2NO4. The van der Waals surface area contributed by atoms with Gasteiger partial charge in [-0.3, -0.25) is 9.59 Å². The van der Waals surface area contributed by atoms with Gasteiger partial charge in [-0.05, 0) is 42.0 Å². The Morgan fingerprint density at radius 2 is 1.80 bits per heavy atom. The number of likely N-dealkylation sites (N-methyl/N-ethyl adjacent to an activating group) is 1. The predicted octanol–water partition coefficient (Wildman–Crippen LogP) is 2.91. The SMILES string of the molecule is CN1C(=O)/C(=C/c2ccc(F)c(F)c2)C(=O)c2cc(C(=O)O)ccc21. The Hall–Kier alpha value is -3.35. The van der Waals surface area contributed by atoms with E-state index in [1.54, 1.807) is 0 Å². The van der Waals surface area contributed by atoms with E-state index >= 15 is 0 Å². The number of carbonyl (C=O) groups is 3. The van der Waals surface area contributed by atoms with Crippen molar-refractivity contribution >= 4 is 29.4 Å². The van der Waals surface area contributed by atoms with E-state index in [4.69, 9.17) is 5.11 Å². The lowest BCUT2D eigenvalue weighted by Gasteiger charge is -2.26. The van der Waals surface area contributed by atoms with Gasteiger partial charge in [-0.1, -0.05) is 6.07 Å². The number of carboxylic acids is 1. The van der Waals surface area contributed by atoms with E-state index in [0.29, 0.717) is 0 Å². The maximum atomic E-state index is 13.3. The molecule has 0 aromatic heterocycles. The predicted molar refractivity (Wildman–Crippen MR) is 85.5 cm³/mol. The van der Waals surface area contributed by atoms with E-state index in [2.05, 4.69) is 0 Å². The van der Waals surface area contributed by atoms with Crippen LogP contribution in [0.4, 0.5) is 14.5 Å². The maximum absolute atomic E-state index is 13.3. The van der Waals surface area contributed by atoms with Gasteiger partial charge in [0.2, 0.25) is 5.78 Å². The summed E-state index contributed by atoms with van der Waals surface area (Å²) >= 11 is 0. The summed E-state index contributed by atoms with van der Waals surface area (Å²) in [5, 5.41) is 9.06. The highest BCUT2D eigenvalue weighted by Crippen LogP contribution is 2.31. The Labute approximate surface area is 140 Å². The largest absolute Gasteiger partial charge is 0.478 e. The number of amides is 1. The summed E-state index contributed by atoms with van der Waals surface area (Å²) in [6, 6.07) is 6.84. The fourth-order valence-electron chi connectivity index (χ4n) is 2.57. The van der Waals surface area contributed by atoms with Gasteiger partial charge >= 0.3 is 5.97 Å². The molecule has 3 rings (SSSR count). The summed E-state index contributed by atoms with van der Waals surface area (Å²) in [7, 11) is 1.44. The van der Waals surface area contributed by atoms with Crippen LogP contribution in [-0.2, 0) is 4.79 Å². The van der Waals surface area contributed by atoms with Crippen molar-refractivity contribution in [3.05, 3.63) is 70.3 Å². The number of halogens is 2. The molecule has 0 fully saturated rings. The maximum Gasteiger partial charge on any atom is 0.335 e. The molecule has 2 aromatic rings. The second-order valence-electron chi connectivity index (χ2n) is 5.46. The summed E-state index contributed by atoms with van der Waals surface area (Å²) in [5.41, 5.74) is 0.116. The molecule has 1 aliphatic rings. The standard InChI is InChI=1S/C18H11F2NO4/c1-21-15-5-3-10(18(24)25)8-11(15)16(22)12(17(21)23)6-9-2-4-13(19)14(20)7-9/h2-8H,1H3,(H,24,25)/b12-6+. The molecule has 0 aliphatic carbocycles. The number of anilines is 1. The third kappa shape index (κ3) is 2.80. The van der Waals surface area contributed by atoms with E-state index < -0.39 is 29.3 Å². The average Bonchev–Trinajstić information content (AvgIpc) is 2.59. The number of hydrogen-bond donors (Lipinski definition) is 1. The third-order valence-corrected chi connectivity index (χ3v) is 3.88. The van der Waals surface area contributed by atoms with E-state index in [1.165, 1.54) is 36.2 Å². The minimum atomic E-state index is -1.21. The Bertz CT molecular complexity index is 966. The zero-order valence-electron chi connectivity index (χ0n) is 12.9. The number of rotatable bonds is 2. The first-order valence-corrected chi connectivity index (χ1v) is 7.16. The highest BCUT2D eigenvalue weighted by molar-refractivity contribution is 6.36. The molecule has 0 bridgehead atoms. The number of ketones is 1. The minimum absolute atomic E-state index is 0.0517. The molecule has 1 heterocycles. The number of fused-ring (bicyclic) bond motifs is 1. The van der Waals surface area contributed by atoms with Crippen LogP contribution in [0, 0.1) is 11.6 Å². The molecular weight excluding hydrogens is 332 g/mol. The van der Waals surface area contributed by atoms with Gasteiger partial charge in [-0.2, -0.15) is 0 Å². The fraction of sp³-hybridized carbons (Fsp3) is 0.0556. The number of aromatic carboxylic acids is 1. The highest BCUT2D eigenvalue weighted by Gasteiger charge is 2.33. The van der Waals surface area contributed by atoms with E-state index in [-0.39, 0.29) is 28.0 Å². The molecule has 126 valence electrons. The van der Waals surface area contributed by atoms with Crippen molar-refractivity contribution in [2.75, 3.05) is 11.9 Å². The van der Waals surface area contributed by atoms with Crippen LogP contribution in [-0.4, -0.2) is 29.8 Å². The smallest absolute Gasteiger partial charge is 0.335 e. The second-order valence-corrected chi connectivity index (χ2v) is 5.46. The molecule has 0 saturated carbocycles. The summed E-state index contributed by atoms with van der Waals surface area (Å²) < 4.78 is 26.4. The summed E-state index contributed by atoms with van der Waals surface area (Å²) in [6.45, 7) is 0. The Morgan fingerprint density at radius 1 is 1.08 bits per heavy atom. The van der Waals surface area contributed by atoms with Crippen LogP contribution in [0.2, 0.25) is 0 Å². The van der Waals surface area contributed by atoms with Crippen molar-refractivity contribution in [3.8, 4) is 0 Å². The molecule has 0 atom stereocenters. The van der Waals surface area contributed by atoms with Crippen molar-refractivity contribution in [1.82, 2.24) is 0 Å². The van der Waals surface area contributed by atoms with Gasteiger partial charge in [0.15, 0.2) is 11.6 Å². The zero-order chi connectivity index (χ0) is 18.3. The van der Waals surface area contributed by atoms with Crippen LogP contribution in [0.25, 0.3) is 6.08 Å². The number of carboxylic acid groups (broad SMARTS) is 1. The van der Waals surface area contributed by atoms with Crippen molar-refractivity contribution in [3.63, 3.8) is 0 Å². The lowest BCUT2D eigenvalue weighted by atomic mass is 9.92. The molecule has 0 radical (unpaired) electrons. The van der Waals surface area contributed by atoms with Gasteiger partial charge in [0, 0.05) is 12.6 Å². The molecule has 1 amide bonds. The van der Waals surface area contributed by atoms with Crippen LogP contribution >= 0.6 is 0 Å². The van der Waals surface area contributed by atoms with Crippen LogP contribution in [0.5, 0.6) is 0 Å². The molecule has 7 heteroatoms. The molecule has 0 saturated heterocycles. The number of hydrogen-bond acceptors (Lipinski definition) is 3. The summed E-state index contributed by atoms with van der Waals surface area (Å²) in [4.78, 5) is 37.4. The molecule has 5 nitrogen and oxygen atoms in total. The Balaban J connectivity index is 2.13. The van der Waals surface area contributed by atoms with Crippen molar-refractivity contribution < 1.29 is 28.3 Å². The number of Topliss-reactive ketones (excluding diaryl/α,β-unsaturated/α-hetero) is 1. The van der Waals surface area contributed by atoms with Crippen molar-refractivity contribution in [2.45, 2.75) is 0 Å². The Kier molecular flexibility index (Phi) is 3.92. The summed E-state index contributed by atoms with van der Waals surface area (Å²) in [5.74, 6) is -4.65. The van der Waals surface area contributed by atoms with E-state index in [0.717, 1.165) is 18.2 Å². The normalized spacial score (nSPS) is 15.5. The van der Waals surface area contributed by atoms with Crippen molar-refractivity contribution in [2.24, 2.45) is 0 Å². The second kappa shape index (κ2) is 5.94. The van der Waals surface area contributed by atoms with Gasteiger partial charge in [-0.15, -0.1) is 0 Å². The molecule has 25 heavy (non-hydrogen) atoms. The van der Waals surface area contributed by atoms with E-state index in [9.17, 15) is 23.2 Å². The Morgan fingerprint density at radius 3 is 2.44 bits per heavy atom. The topological polar surface area (TPSA) is 74.7 Å². The molecule has 0 spiro atoms. The molecule has 1 aliphatic heterocycles. The minimum Gasteiger partial charge on any atom is -0.478 e. The van der Waals surface area contributed by atoms with Crippen LogP contribution in [0.15, 0.2) is 42.0 Å². The lowest BCUT2D eigenvalue weighted by Crippen LogP contribution is -2.36. The van der Waals surface area contributed by atoms with Gasteiger partial charge in [0.1, 0.15) is 0 Å². The summed E-state index contributed by atoms with van der Waals surface area (Å²) in [6.07, 6.45) is 1.15. The van der Waals surface area contributed by atoms with Gasteiger partial charge in [0.05, 0.1) is 16.8 Å². The first kappa shape index (κ1) is 16.5. The number of benzene rings is 2. The van der Waals surface area contributed by atoms with Gasteiger partial charge < -0.3 is 10.0 Å². The van der Waals surface area contributed by atoms with Crippen LogP contribution < -0.4 is 4.90 Å². The lowest BCUT2D eigenvalue weighted by molar-refractivity contribution is -0.114. The number of carbonyl (C=O) groups excluding carboxylic acids is 2. The molecule has 2 aromatic carbocycles. The van der Waals surface area contributed by atoms with Crippen molar-refractivity contribution in [1.29, 1.82) is 0 Å². The zero-order valence-corrected chi connectivity index (χ0v) is 12.9. The van der Waals surface area contributed by atoms with Gasteiger partial charge in [0.25, 0.3) is 5.91 Å². The average molecular weight is 343 g/mol. The monoisotopic (exact) mass is 343 g/mol. The third-order valence-electron chi connectivity index (χ3n) is 3.88. The fourth-order valence-corrected chi connectivity index (χ4v) is 2.57. The van der Waals surface area contributed by atoms with E-state index in [1.807, 2.05) is 0 Å². The van der Waals surface area contributed by atoms with Crippen LogP contribution in [0.1, 0.15) is 26.3 Å². The number of nitrogens with zero attached hydrogens (tertiary/aromatic N) is 1. The highest BCUT2D eigenvalue weighted by atomic mass is 19.2. The molecule has 0 unspecified atom stereocenters. The first-order chi connectivity index (χ1) is 11.8. The van der Waals surface area contributed by atoms with Gasteiger partial charge in [-0.25, -0.2) is 13.6 Å². The van der Waals surface area contributed by atoms with Crippen LogP contribution in [0.3, 0.4) is 0 Å². The first-order valence-electron chi connectivity index (χ1n) is 7.16. The quantitative estimate of drug-likeness (QED) is 0.672. The molecule has 1 N–H and O–H groups in total.